The number of carbonyl (C=O) groups excluding carboxylic acids is 2. The topological polar surface area (TPSA) is 113 Å². The van der Waals surface area contributed by atoms with Crippen molar-refractivity contribution in [2.24, 2.45) is 51.2 Å². The average molecular weight is 765 g/mol. The highest BCUT2D eigenvalue weighted by Crippen LogP contribution is 2.72. The van der Waals surface area contributed by atoms with Gasteiger partial charge in [0.15, 0.2) is 0 Å². The number of hydrogen-bond acceptors (Lipinski definition) is 7. The lowest BCUT2D eigenvalue weighted by Crippen LogP contribution is -2.80. The van der Waals surface area contributed by atoms with Crippen molar-refractivity contribution in [2.45, 2.75) is 160 Å². The van der Waals surface area contributed by atoms with Gasteiger partial charge in [-0.3, -0.25) is 4.79 Å². The normalized spacial score (nSPS) is 42.3. The number of fused-ring (bicyclic) bond motifs is 2. The predicted octanol–water partition coefficient (Wildman–Crippen LogP) is 7.88. The van der Waals surface area contributed by atoms with E-state index in [2.05, 4.69) is 61.8 Å². The van der Waals surface area contributed by atoms with Crippen LogP contribution in [0.3, 0.4) is 0 Å². The molecule has 12 atom stereocenters. The van der Waals surface area contributed by atoms with Gasteiger partial charge in [0.2, 0.25) is 0 Å². The van der Waals surface area contributed by atoms with Gasteiger partial charge in [-0.25, -0.2) is 4.79 Å². The van der Waals surface area contributed by atoms with Gasteiger partial charge in [0.05, 0.1) is 34.1 Å². The summed E-state index contributed by atoms with van der Waals surface area (Å²) in [5.74, 6) is 12.9. The maximum absolute atomic E-state index is 15.1. The summed E-state index contributed by atoms with van der Waals surface area (Å²) in [7, 11) is 0. The van der Waals surface area contributed by atoms with Crippen LogP contribution in [0.1, 0.15) is 135 Å². The fraction of sp³-hybridized carbons (Fsp3) is 0.714. The molecule has 0 saturated heterocycles. The van der Waals surface area contributed by atoms with Crippen LogP contribution in [-0.2, 0) is 25.5 Å². The van der Waals surface area contributed by atoms with Crippen LogP contribution in [0.25, 0.3) is 0 Å². The van der Waals surface area contributed by atoms with E-state index in [9.17, 15) is 20.1 Å². The Labute approximate surface area is 334 Å². The zero-order valence-electron chi connectivity index (χ0n) is 34.0. The summed E-state index contributed by atoms with van der Waals surface area (Å²) in [6, 6.07) is 10.5. The van der Waals surface area contributed by atoms with Gasteiger partial charge < -0.3 is 24.8 Å². The number of aliphatic hydroxyl groups excluding tert-OH is 2. The van der Waals surface area contributed by atoms with Crippen LogP contribution in [-0.4, -0.2) is 57.8 Å². The first-order chi connectivity index (χ1) is 26.9. The largest absolute Gasteiger partial charge is 0.461 e. The lowest BCUT2D eigenvalue weighted by Gasteiger charge is -2.72. The fourth-order valence-corrected chi connectivity index (χ4v) is 13.6. The third-order valence-electron chi connectivity index (χ3n) is 16.6. The highest BCUT2D eigenvalue weighted by atomic mass is 16.5. The number of rotatable bonds is 10. The van der Waals surface area contributed by atoms with Crippen LogP contribution in [0, 0.1) is 74.9 Å². The van der Waals surface area contributed by atoms with Gasteiger partial charge in [-0.2, -0.15) is 0 Å². The molecule has 4 fully saturated rings. The third-order valence-corrected chi connectivity index (χ3v) is 16.6. The van der Waals surface area contributed by atoms with E-state index < -0.39 is 57.4 Å². The quantitative estimate of drug-likeness (QED) is 0.164. The number of cyclic esters (lactones) is 1. The first-order valence-electron chi connectivity index (χ1n) is 22.1. The average Bonchev–Trinajstić information content (AvgIpc) is 3.89. The number of aliphatic hydroxyl groups is 3. The first-order valence-corrected chi connectivity index (χ1v) is 22.1. The Morgan fingerprint density at radius 2 is 1.71 bits per heavy atom. The molecule has 0 amide bonds. The minimum absolute atomic E-state index is 0.164. The summed E-state index contributed by atoms with van der Waals surface area (Å²) >= 11 is 0. The lowest BCUT2D eigenvalue weighted by atomic mass is 9.35. The molecule has 4 saturated carbocycles. The number of aryl methyl sites for hydroxylation is 1. The number of esters is 2. The SMILES string of the molecule is CC(CCCc1ccccc1)CC1C#CC2CCCCC23CC#CC2(C)CC(OC3=O)C3C(C)(C4CCCC4)CCC(O)C3(C1O)C2(O)CCC1=CC(=O)OC1. The van der Waals surface area contributed by atoms with E-state index >= 15 is 4.79 Å². The molecule has 1 aromatic carbocycles. The zero-order chi connectivity index (χ0) is 39.3. The van der Waals surface area contributed by atoms with E-state index in [-0.39, 0.29) is 36.8 Å². The Balaban J connectivity index is 1.32. The molecular formula is C49H64O7. The van der Waals surface area contributed by atoms with Gasteiger partial charge >= 0.3 is 11.9 Å². The maximum Gasteiger partial charge on any atom is 0.331 e. The zero-order valence-corrected chi connectivity index (χ0v) is 34.0. The van der Waals surface area contributed by atoms with Crippen LogP contribution in [0.15, 0.2) is 42.0 Å². The van der Waals surface area contributed by atoms with Gasteiger partial charge in [0.25, 0.3) is 0 Å². The van der Waals surface area contributed by atoms with Crippen molar-refractivity contribution in [3.8, 4) is 23.7 Å². The minimum Gasteiger partial charge on any atom is -0.461 e. The number of ether oxygens (including phenoxy) is 2. The van der Waals surface area contributed by atoms with Crippen molar-refractivity contribution in [2.75, 3.05) is 6.61 Å². The van der Waals surface area contributed by atoms with Crippen molar-refractivity contribution in [1.29, 1.82) is 0 Å². The summed E-state index contributed by atoms with van der Waals surface area (Å²) in [6.07, 6.45) is 11.9. The summed E-state index contributed by atoms with van der Waals surface area (Å²) < 4.78 is 12.3. The monoisotopic (exact) mass is 764 g/mol. The van der Waals surface area contributed by atoms with Crippen molar-refractivity contribution >= 4 is 11.9 Å². The molecule has 7 nitrogen and oxygen atoms in total. The number of benzene rings is 1. The maximum atomic E-state index is 15.1. The fourth-order valence-electron chi connectivity index (χ4n) is 13.6. The highest BCUT2D eigenvalue weighted by Gasteiger charge is 2.78. The summed E-state index contributed by atoms with van der Waals surface area (Å²) in [6.45, 7) is 6.71. The molecule has 4 aliphatic carbocycles. The van der Waals surface area contributed by atoms with E-state index in [1.165, 1.54) is 11.6 Å². The molecule has 8 rings (SSSR count). The second-order valence-electron chi connectivity index (χ2n) is 19.7. The minimum atomic E-state index is -1.73. The van der Waals surface area contributed by atoms with E-state index in [1.807, 2.05) is 13.0 Å². The Hall–Kier alpha value is -3.10. The molecule has 7 heteroatoms. The summed E-state index contributed by atoms with van der Waals surface area (Å²) in [4.78, 5) is 27.3. The molecule has 3 heterocycles. The van der Waals surface area contributed by atoms with Crippen LogP contribution >= 0.6 is 0 Å². The van der Waals surface area contributed by atoms with Gasteiger partial charge in [-0.15, -0.1) is 5.92 Å². The first kappa shape index (κ1) is 39.7. The predicted molar refractivity (Wildman–Crippen MR) is 214 cm³/mol. The number of carbonyl (C=O) groups is 2. The van der Waals surface area contributed by atoms with Crippen LogP contribution in [0.5, 0.6) is 0 Å². The molecule has 12 unspecified atom stereocenters. The molecule has 302 valence electrons. The van der Waals surface area contributed by atoms with Crippen LogP contribution in [0.2, 0.25) is 0 Å². The van der Waals surface area contributed by atoms with E-state index in [0.29, 0.717) is 44.4 Å². The van der Waals surface area contributed by atoms with Crippen molar-refractivity contribution in [3.05, 3.63) is 47.5 Å². The van der Waals surface area contributed by atoms with Gasteiger partial charge in [-0.05, 0) is 106 Å². The molecule has 1 spiro atoms. The molecule has 4 bridgehead atoms. The molecule has 56 heavy (non-hydrogen) atoms. The second kappa shape index (κ2) is 15.3. The molecule has 0 radical (unpaired) electrons. The Morgan fingerprint density at radius 3 is 2.46 bits per heavy atom. The van der Waals surface area contributed by atoms with Gasteiger partial charge in [0.1, 0.15) is 12.7 Å². The lowest BCUT2D eigenvalue weighted by molar-refractivity contribution is -0.341. The molecule has 7 aliphatic rings. The Kier molecular flexibility index (Phi) is 10.8. The Bertz CT molecular complexity index is 1810. The van der Waals surface area contributed by atoms with Crippen molar-refractivity contribution in [3.63, 3.8) is 0 Å². The molecule has 0 aromatic heterocycles. The van der Waals surface area contributed by atoms with E-state index in [0.717, 1.165) is 76.2 Å². The smallest absolute Gasteiger partial charge is 0.331 e. The van der Waals surface area contributed by atoms with E-state index in [1.54, 1.807) is 0 Å². The molecular weight excluding hydrogens is 701 g/mol. The van der Waals surface area contributed by atoms with Crippen LogP contribution < -0.4 is 0 Å². The Morgan fingerprint density at radius 1 is 0.946 bits per heavy atom. The molecule has 3 N–H and O–H groups in total. The van der Waals surface area contributed by atoms with Crippen LogP contribution in [0.4, 0.5) is 0 Å². The van der Waals surface area contributed by atoms with Gasteiger partial charge in [0, 0.05) is 36.7 Å². The summed E-state index contributed by atoms with van der Waals surface area (Å²) in [5.41, 5.74) is -3.64. The number of hydrogen-bond donors (Lipinski definition) is 3. The van der Waals surface area contributed by atoms with Gasteiger partial charge in [-0.1, -0.05) is 94.0 Å². The van der Waals surface area contributed by atoms with E-state index in [4.69, 9.17) is 9.47 Å². The highest BCUT2D eigenvalue weighted by molar-refractivity contribution is 5.85. The second-order valence-corrected chi connectivity index (χ2v) is 19.7. The third kappa shape index (κ3) is 6.38. The van der Waals surface area contributed by atoms with Crippen molar-refractivity contribution < 1.29 is 34.4 Å². The molecule has 3 aliphatic heterocycles. The molecule has 1 aromatic rings. The van der Waals surface area contributed by atoms with Crippen molar-refractivity contribution in [1.82, 2.24) is 0 Å². The standard InChI is InChI=1S/C49H64O7/c1-33(13-11-16-34-14-5-4-6-15-34)29-36-20-21-38-19-9-10-25-47(38)26-12-24-45(2)31-39(56-44(47)53)42-46(3,37-17-7-8-18-37)27-23-40(50)49(42,43(36)52)48(45,54)28-22-35-30-41(51)55-32-35/h4-6,14-15,30,33,36-40,42-43,50,52,54H,7-11,13,16-19,22-23,25-29,31-32H2,1-3H3. The summed E-state index contributed by atoms with van der Waals surface area (Å²) in [5, 5.41) is 40.9.